The van der Waals surface area contributed by atoms with Gasteiger partial charge >= 0.3 is 0 Å². The van der Waals surface area contributed by atoms with Crippen LogP contribution >= 0.6 is 12.2 Å². The summed E-state index contributed by atoms with van der Waals surface area (Å²) in [4.78, 5) is 15.7. The van der Waals surface area contributed by atoms with E-state index in [2.05, 4.69) is 36.1 Å². The average Bonchev–Trinajstić information content (AvgIpc) is 3.12. The summed E-state index contributed by atoms with van der Waals surface area (Å²) in [6.45, 7) is 5.35. The number of rotatable bonds is 5. The molecule has 5 aromatic rings. The molecule has 0 spiro atoms. The van der Waals surface area contributed by atoms with Crippen LogP contribution in [0.25, 0.3) is 22.4 Å². The number of hydrogen-bond donors (Lipinski definition) is 0. The predicted molar refractivity (Wildman–Crippen MR) is 135 cm³/mol. The van der Waals surface area contributed by atoms with Crippen LogP contribution in [0.15, 0.2) is 77.6 Å². The van der Waals surface area contributed by atoms with Gasteiger partial charge in [0.1, 0.15) is 0 Å². The Morgan fingerprint density at radius 1 is 0.939 bits per heavy atom. The van der Waals surface area contributed by atoms with Gasteiger partial charge in [0.25, 0.3) is 5.56 Å². The summed E-state index contributed by atoms with van der Waals surface area (Å²) in [5, 5.41) is 5.44. The maximum atomic E-state index is 13.6. The molecule has 33 heavy (non-hydrogen) atoms. The number of benzene rings is 3. The van der Waals surface area contributed by atoms with E-state index in [1.807, 2.05) is 66.9 Å². The van der Waals surface area contributed by atoms with Gasteiger partial charge < -0.3 is 0 Å². The smallest absolute Gasteiger partial charge is 0.267 e. The highest BCUT2D eigenvalue weighted by Crippen LogP contribution is 2.20. The lowest BCUT2D eigenvalue weighted by atomic mass is 10.1. The fraction of sp³-hybridized carbons (Fsp3) is 0.192. The molecule has 0 amide bonds. The highest BCUT2D eigenvalue weighted by Gasteiger charge is 2.18. The molecule has 0 bridgehead atoms. The summed E-state index contributed by atoms with van der Waals surface area (Å²) in [6.07, 6.45) is 0. The topological polar surface area (TPSA) is 47.5 Å². The second kappa shape index (κ2) is 8.42. The first kappa shape index (κ1) is 21.3. The van der Waals surface area contributed by atoms with Crippen LogP contribution in [0.5, 0.6) is 0 Å². The van der Waals surface area contributed by atoms with E-state index >= 15 is 0 Å². The van der Waals surface area contributed by atoms with Crippen LogP contribution in [0.1, 0.15) is 16.7 Å². The Bertz CT molecular complexity index is 1590. The third-order valence-electron chi connectivity index (χ3n) is 5.91. The maximum absolute atomic E-state index is 13.6. The molecular formula is C26H25N5OS. The SMILES string of the molecule is Cc1ccc(CN(C)Cn2nc3n(-c4ccccc4C)c(=O)c4ccccc4n3c2=S)cc1. The van der Waals surface area contributed by atoms with Crippen molar-refractivity contribution in [3.8, 4) is 5.69 Å². The van der Waals surface area contributed by atoms with Crippen molar-refractivity contribution in [1.29, 1.82) is 0 Å². The van der Waals surface area contributed by atoms with E-state index < -0.39 is 0 Å². The summed E-state index contributed by atoms with van der Waals surface area (Å²) >= 11 is 5.86. The Labute approximate surface area is 196 Å². The molecule has 0 aliphatic rings. The summed E-state index contributed by atoms with van der Waals surface area (Å²) < 4.78 is 5.92. The van der Waals surface area contributed by atoms with Gasteiger partial charge in [-0.3, -0.25) is 14.1 Å². The van der Waals surface area contributed by atoms with Gasteiger partial charge in [-0.1, -0.05) is 60.2 Å². The first-order valence-electron chi connectivity index (χ1n) is 10.9. The van der Waals surface area contributed by atoms with E-state index in [0.29, 0.717) is 22.6 Å². The van der Waals surface area contributed by atoms with E-state index in [1.165, 1.54) is 11.1 Å². The normalized spacial score (nSPS) is 11.6. The second-order valence-electron chi connectivity index (χ2n) is 8.50. The Morgan fingerprint density at radius 3 is 2.39 bits per heavy atom. The zero-order chi connectivity index (χ0) is 23.1. The third kappa shape index (κ3) is 3.79. The quantitative estimate of drug-likeness (QED) is 0.355. The predicted octanol–water partition coefficient (Wildman–Crippen LogP) is 4.88. The minimum absolute atomic E-state index is 0.104. The number of hydrogen-bond acceptors (Lipinski definition) is 4. The molecule has 0 unspecified atom stereocenters. The molecule has 3 aromatic carbocycles. The minimum atomic E-state index is -0.104. The minimum Gasteiger partial charge on any atom is -0.283 e. The molecule has 6 nitrogen and oxygen atoms in total. The van der Waals surface area contributed by atoms with Crippen molar-refractivity contribution in [2.45, 2.75) is 27.1 Å². The lowest BCUT2D eigenvalue weighted by molar-refractivity contribution is 0.244. The Morgan fingerprint density at radius 2 is 1.64 bits per heavy atom. The Kier molecular flexibility index (Phi) is 5.44. The molecule has 0 fully saturated rings. The van der Waals surface area contributed by atoms with Crippen LogP contribution in [0.4, 0.5) is 0 Å². The van der Waals surface area contributed by atoms with Gasteiger partial charge in [-0.15, -0.1) is 5.10 Å². The number of aryl methyl sites for hydroxylation is 2. The maximum Gasteiger partial charge on any atom is 0.267 e. The van der Waals surface area contributed by atoms with Gasteiger partial charge in [0.2, 0.25) is 10.5 Å². The fourth-order valence-electron chi connectivity index (χ4n) is 4.22. The molecule has 5 rings (SSSR count). The van der Waals surface area contributed by atoms with Crippen molar-refractivity contribution in [2.75, 3.05) is 7.05 Å². The largest absolute Gasteiger partial charge is 0.283 e. The van der Waals surface area contributed by atoms with Gasteiger partial charge in [-0.25, -0.2) is 9.25 Å². The molecular weight excluding hydrogens is 430 g/mol. The van der Waals surface area contributed by atoms with Crippen molar-refractivity contribution in [1.82, 2.24) is 23.6 Å². The monoisotopic (exact) mass is 455 g/mol. The van der Waals surface area contributed by atoms with Gasteiger partial charge in [0.05, 0.1) is 23.3 Å². The Hall–Kier alpha value is -3.55. The molecule has 0 saturated carbocycles. The molecule has 0 aliphatic carbocycles. The van der Waals surface area contributed by atoms with Crippen LogP contribution < -0.4 is 5.56 Å². The van der Waals surface area contributed by atoms with Crippen molar-refractivity contribution in [3.05, 3.63) is 105 Å². The third-order valence-corrected chi connectivity index (χ3v) is 6.30. The highest BCUT2D eigenvalue weighted by atomic mass is 32.1. The molecule has 2 heterocycles. The molecule has 0 aliphatic heterocycles. The average molecular weight is 456 g/mol. The van der Waals surface area contributed by atoms with Crippen molar-refractivity contribution in [3.63, 3.8) is 0 Å². The fourth-order valence-corrected chi connectivity index (χ4v) is 4.50. The molecule has 0 N–H and O–H groups in total. The van der Waals surface area contributed by atoms with Crippen molar-refractivity contribution in [2.24, 2.45) is 0 Å². The summed E-state index contributed by atoms with van der Waals surface area (Å²) in [5.74, 6) is 0.515. The number of fused-ring (bicyclic) bond motifs is 3. The molecule has 7 heteroatoms. The Balaban J connectivity index is 1.67. The summed E-state index contributed by atoms with van der Waals surface area (Å²) in [7, 11) is 2.04. The van der Waals surface area contributed by atoms with Crippen LogP contribution in [-0.4, -0.2) is 30.7 Å². The highest BCUT2D eigenvalue weighted by molar-refractivity contribution is 7.71. The lowest BCUT2D eigenvalue weighted by Crippen LogP contribution is -2.23. The van der Waals surface area contributed by atoms with Gasteiger partial charge in [-0.2, -0.15) is 0 Å². The summed E-state index contributed by atoms with van der Waals surface area (Å²) in [6, 6.07) is 23.9. The molecule has 0 radical (unpaired) electrons. The lowest BCUT2D eigenvalue weighted by Gasteiger charge is -2.16. The van der Waals surface area contributed by atoms with E-state index in [0.717, 1.165) is 23.3 Å². The van der Waals surface area contributed by atoms with Crippen LogP contribution in [0.3, 0.4) is 0 Å². The number of aromatic nitrogens is 4. The zero-order valence-electron chi connectivity index (χ0n) is 18.9. The van der Waals surface area contributed by atoms with E-state index in [4.69, 9.17) is 17.3 Å². The first-order valence-corrected chi connectivity index (χ1v) is 11.3. The number of para-hydroxylation sites is 2. The van der Waals surface area contributed by atoms with Crippen LogP contribution in [0.2, 0.25) is 0 Å². The number of nitrogens with zero attached hydrogens (tertiary/aromatic N) is 5. The van der Waals surface area contributed by atoms with Gasteiger partial charge in [-0.05, 0) is 62.4 Å². The van der Waals surface area contributed by atoms with Crippen LogP contribution in [-0.2, 0) is 13.2 Å². The van der Waals surface area contributed by atoms with Crippen molar-refractivity contribution >= 4 is 28.9 Å². The van der Waals surface area contributed by atoms with Crippen LogP contribution in [0, 0.1) is 18.6 Å². The zero-order valence-corrected chi connectivity index (χ0v) is 19.7. The summed E-state index contributed by atoms with van der Waals surface area (Å²) in [5.41, 5.74) is 4.92. The van der Waals surface area contributed by atoms with E-state index in [9.17, 15) is 4.79 Å². The van der Waals surface area contributed by atoms with E-state index in [-0.39, 0.29) is 5.56 Å². The van der Waals surface area contributed by atoms with Gasteiger partial charge in [0, 0.05) is 6.54 Å². The molecule has 0 atom stereocenters. The van der Waals surface area contributed by atoms with E-state index in [1.54, 1.807) is 9.25 Å². The molecule has 2 aromatic heterocycles. The second-order valence-corrected chi connectivity index (χ2v) is 8.87. The van der Waals surface area contributed by atoms with Gasteiger partial charge in [0.15, 0.2) is 0 Å². The van der Waals surface area contributed by atoms with Crippen molar-refractivity contribution < 1.29 is 0 Å². The standard InChI is InChI=1S/C26H25N5OS/c1-18-12-14-20(15-13-18)16-28(3)17-29-26(33)31-23-11-7-5-9-21(23)24(32)30(25(31)27-29)22-10-6-4-8-19(22)2/h4-15H,16-17H2,1-3H3. The first-order chi connectivity index (χ1) is 15.9. The molecule has 166 valence electrons. The molecule has 0 saturated heterocycles.